The van der Waals surface area contributed by atoms with Crippen LogP contribution in [0.15, 0.2) is 30.6 Å². The van der Waals surface area contributed by atoms with E-state index in [1.54, 1.807) is 4.42 Å². The molecular formula is C10H10Cl2N2. The Morgan fingerprint density at radius 2 is 2.07 bits per heavy atom. The van der Waals surface area contributed by atoms with E-state index in [-0.39, 0.29) is 0 Å². The van der Waals surface area contributed by atoms with Gasteiger partial charge in [0.05, 0.1) is 10.7 Å². The van der Waals surface area contributed by atoms with E-state index in [9.17, 15) is 0 Å². The summed E-state index contributed by atoms with van der Waals surface area (Å²) in [6, 6.07) is 5.86. The lowest BCUT2D eigenvalue weighted by molar-refractivity contribution is 0.649. The highest BCUT2D eigenvalue weighted by atomic mass is 35.5. The highest BCUT2D eigenvalue weighted by Gasteiger charge is 2.16. The Balaban J connectivity index is 2.37. The molecule has 4 heteroatoms. The first kappa shape index (κ1) is 9.69. The largest absolute Gasteiger partial charge is 0.326 e. The third-order valence-corrected chi connectivity index (χ3v) is 2.70. The van der Waals surface area contributed by atoms with Crippen LogP contribution in [0.25, 0.3) is 0 Å². The molecule has 0 N–H and O–H groups in total. The number of hydrogen-bond donors (Lipinski definition) is 0. The van der Waals surface area contributed by atoms with Gasteiger partial charge in [0.1, 0.15) is 6.67 Å². The normalized spacial score (nSPS) is 15.4. The van der Waals surface area contributed by atoms with Crippen LogP contribution in [0.2, 0.25) is 5.02 Å². The fraction of sp³-hybridized carbons (Fsp3) is 0.200. The lowest BCUT2D eigenvalue weighted by atomic mass is 10.2. The Bertz CT molecular complexity index is 356. The number of benzene rings is 1. The Morgan fingerprint density at radius 1 is 1.29 bits per heavy atom. The van der Waals surface area contributed by atoms with E-state index < -0.39 is 0 Å². The number of aryl methyl sites for hydroxylation is 1. The van der Waals surface area contributed by atoms with Crippen molar-refractivity contribution >= 4 is 29.1 Å². The molecule has 2 nitrogen and oxygen atoms in total. The van der Waals surface area contributed by atoms with E-state index in [2.05, 4.69) is 0 Å². The predicted octanol–water partition coefficient (Wildman–Crippen LogP) is 3.35. The Labute approximate surface area is 93.4 Å². The predicted molar refractivity (Wildman–Crippen MR) is 60.4 cm³/mol. The number of anilines is 1. The van der Waals surface area contributed by atoms with Crippen LogP contribution in [-0.2, 0) is 0 Å². The van der Waals surface area contributed by atoms with Crippen LogP contribution in [0.5, 0.6) is 0 Å². The SMILES string of the molecule is Cc1cccc(Cl)c1N1C=CN(Cl)C1. The third kappa shape index (κ3) is 1.68. The highest BCUT2D eigenvalue weighted by Crippen LogP contribution is 2.31. The maximum Gasteiger partial charge on any atom is 0.110 e. The molecule has 1 aliphatic rings. The molecule has 0 amide bonds. The fourth-order valence-corrected chi connectivity index (χ4v) is 2.02. The van der Waals surface area contributed by atoms with E-state index in [0.29, 0.717) is 6.67 Å². The molecule has 1 aromatic rings. The number of hydrogen-bond acceptors (Lipinski definition) is 2. The smallest absolute Gasteiger partial charge is 0.110 e. The van der Waals surface area contributed by atoms with E-state index in [1.807, 2.05) is 42.4 Å². The second-order valence-electron chi connectivity index (χ2n) is 3.21. The maximum atomic E-state index is 6.12. The molecule has 1 heterocycles. The van der Waals surface area contributed by atoms with Crippen LogP contribution in [0.3, 0.4) is 0 Å². The second kappa shape index (κ2) is 3.71. The zero-order valence-electron chi connectivity index (χ0n) is 7.74. The molecule has 1 aromatic carbocycles. The van der Waals surface area contributed by atoms with Crippen molar-refractivity contribution in [1.82, 2.24) is 4.42 Å². The Morgan fingerprint density at radius 3 is 2.64 bits per heavy atom. The highest BCUT2D eigenvalue weighted by molar-refractivity contribution is 6.33. The third-order valence-electron chi connectivity index (χ3n) is 2.17. The van der Waals surface area contributed by atoms with Gasteiger partial charge in [-0.05, 0) is 18.6 Å². The molecule has 74 valence electrons. The van der Waals surface area contributed by atoms with Gasteiger partial charge >= 0.3 is 0 Å². The zero-order chi connectivity index (χ0) is 10.1. The van der Waals surface area contributed by atoms with Crippen LogP contribution in [0.4, 0.5) is 5.69 Å². The van der Waals surface area contributed by atoms with E-state index in [0.717, 1.165) is 16.3 Å². The standard InChI is InChI=1S/C10H10Cl2N2/c1-8-3-2-4-9(11)10(8)13-5-6-14(12)7-13/h2-6H,7H2,1H3. The van der Waals surface area contributed by atoms with Crippen molar-refractivity contribution in [3.05, 3.63) is 41.2 Å². The first-order valence-corrected chi connectivity index (χ1v) is 5.02. The molecule has 0 atom stereocenters. The topological polar surface area (TPSA) is 6.48 Å². The van der Waals surface area contributed by atoms with Crippen LogP contribution in [0.1, 0.15) is 5.56 Å². The van der Waals surface area contributed by atoms with Gasteiger partial charge in [-0.1, -0.05) is 23.7 Å². The number of rotatable bonds is 1. The molecule has 0 bridgehead atoms. The Hall–Kier alpha value is -0.860. The van der Waals surface area contributed by atoms with Gasteiger partial charge in [0, 0.05) is 24.2 Å². The summed E-state index contributed by atoms with van der Waals surface area (Å²) in [5.41, 5.74) is 2.17. The van der Waals surface area contributed by atoms with Crippen molar-refractivity contribution in [2.24, 2.45) is 0 Å². The van der Waals surface area contributed by atoms with Crippen molar-refractivity contribution in [3.63, 3.8) is 0 Å². The Kier molecular flexibility index (Phi) is 2.57. The number of nitrogens with zero attached hydrogens (tertiary/aromatic N) is 2. The van der Waals surface area contributed by atoms with Crippen molar-refractivity contribution in [3.8, 4) is 0 Å². The first-order chi connectivity index (χ1) is 6.68. The molecule has 0 fully saturated rings. The lowest BCUT2D eigenvalue weighted by Crippen LogP contribution is -2.19. The molecule has 2 rings (SSSR count). The van der Waals surface area contributed by atoms with Crippen LogP contribution in [-0.4, -0.2) is 11.1 Å². The van der Waals surface area contributed by atoms with E-state index >= 15 is 0 Å². The summed E-state index contributed by atoms with van der Waals surface area (Å²) in [4.78, 5) is 2.02. The average Bonchev–Trinajstić information content (AvgIpc) is 2.51. The lowest BCUT2D eigenvalue weighted by Gasteiger charge is -2.20. The van der Waals surface area contributed by atoms with E-state index in [4.69, 9.17) is 23.4 Å². The summed E-state index contributed by atoms with van der Waals surface area (Å²) < 4.78 is 1.59. The quantitative estimate of drug-likeness (QED) is 0.681. The second-order valence-corrected chi connectivity index (χ2v) is 4.06. The van der Waals surface area contributed by atoms with Crippen LogP contribution < -0.4 is 4.90 Å². The van der Waals surface area contributed by atoms with E-state index in [1.165, 1.54) is 0 Å². The van der Waals surface area contributed by atoms with Gasteiger partial charge < -0.3 is 4.90 Å². The van der Waals surface area contributed by atoms with Crippen molar-refractivity contribution in [2.75, 3.05) is 11.6 Å². The van der Waals surface area contributed by atoms with Gasteiger partial charge in [0.15, 0.2) is 0 Å². The summed E-state index contributed by atoms with van der Waals surface area (Å²) >= 11 is 11.9. The van der Waals surface area contributed by atoms with Gasteiger partial charge in [-0.15, -0.1) is 0 Å². The molecule has 0 radical (unpaired) electrons. The molecule has 1 aliphatic heterocycles. The molecule has 0 spiro atoms. The summed E-state index contributed by atoms with van der Waals surface area (Å²) in [7, 11) is 0. The average molecular weight is 229 g/mol. The van der Waals surface area contributed by atoms with Crippen molar-refractivity contribution < 1.29 is 0 Å². The molecule has 0 aromatic heterocycles. The monoisotopic (exact) mass is 228 g/mol. The number of para-hydroxylation sites is 1. The van der Waals surface area contributed by atoms with Gasteiger partial charge in [-0.2, -0.15) is 0 Å². The molecule has 14 heavy (non-hydrogen) atoms. The minimum Gasteiger partial charge on any atom is -0.326 e. The van der Waals surface area contributed by atoms with Crippen molar-refractivity contribution in [2.45, 2.75) is 6.92 Å². The molecule has 0 aliphatic carbocycles. The van der Waals surface area contributed by atoms with Crippen LogP contribution in [0, 0.1) is 6.92 Å². The summed E-state index contributed by atoms with van der Waals surface area (Å²) in [6.45, 7) is 2.66. The maximum absolute atomic E-state index is 6.12. The van der Waals surface area contributed by atoms with Crippen molar-refractivity contribution in [1.29, 1.82) is 0 Å². The molecule has 0 saturated heterocycles. The zero-order valence-corrected chi connectivity index (χ0v) is 9.26. The fourth-order valence-electron chi connectivity index (χ4n) is 1.52. The summed E-state index contributed by atoms with van der Waals surface area (Å²) in [6.07, 6.45) is 3.73. The van der Waals surface area contributed by atoms with Gasteiger partial charge in [0.25, 0.3) is 0 Å². The minimum atomic E-state index is 0.631. The van der Waals surface area contributed by atoms with Gasteiger partial charge in [0.2, 0.25) is 0 Å². The van der Waals surface area contributed by atoms with Gasteiger partial charge in [-0.25, -0.2) is 0 Å². The minimum absolute atomic E-state index is 0.631. The van der Waals surface area contributed by atoms with Gasteiger partial charge in [-0.3, -0.25) is 4.42 Å². The first-order valence-electron chi connectivity index (χ1n) is 4.31. The molecular weight excluding hydrogens is 219 g/mol. The molecule has 0 saturated carbocycles. The molecule has 0 unspecified atom stereocenters. The number of halogens is 2. The summed E-state index contributed by atoms with van der Waals surface area (Å²) in [5.74, 6) is 0. The van der Waals surface area contributed by atoms with Crippen LogP contribution >= 0.6 is 23.4 Å². The summed E-state index contributed by atoms with van der Waals surface area (Å²) in [5, 5.41) is 0.751.